The maximum atomic E-state index is 11.5. The minimum Gasteiger partial charge on any atom is -0.232 e. The SMILES string of the molecule is Cc1sccc1-c1cc(-c2ccc(Cl)cc2)n(-c2ccc(S(N)(=O)=O)cc2)n1. The van der Waals surface area contributed by atoms with Gasteiger partial charge in [0.15, 0.2) is 0 Å². The van der Waals surface area contributed by atoms with Crippen molar-refractivity contribution in [2.24, 2.45) is 5.14 Å². The Labute approximate surface area is 172 Å². The fourth-order valence-electron chi connectivity index (χ4n) is 2.96. The molecule has 0 unspecified atom stereocenters. The van der Waals surface area contributed by atoms with E-state index in [2.05, 4.69) is 6.92 Å². The number of nitrogens with zero attached hydrogens (tertiary/aromatic N) is 2. The number of thiophene rings is 1. The zero-order valence-electron chi connectivity index (χ0n) is 14.8. The lowest BCUT2D eigenvalue weighted by atomic mass is 10.1. The summed E-state index contributed by atoms with van der Waals surface area (Å²) in [6.45, 7) is 2.06. The lowest BCUT2D eigenvalue weighted by Crippen LogP contribution is -2.12. The van der Waals surface area contributed by atoms with E-state index < -0.39 is 10.0 Å². The van der Waals surface area contributed by atoms with Gasteiger partial charge in [-0.2, -0.15) is 5.10 Å². The highest BCUT2D eigenvalue weighted by Crippen LogP contribution is 2.32. The molecule has 142 valence electrons. The fourth-order valence-corrected chi connectivity index (χ4v) is 4.31. The summed E-state index contributed by atoms with van der Waals surface area (Å²) in [5.41, 5.74) is 4.48. The molecule has 0 radical (unpaired) electrons. The van der Waals surface area contributed by atoms with Crippen molar-refractivity contribution in [3.63, 3.8) is 0 Å². The fraction of sp³-hybridized carbons (Fsp3) is 0.0500. The van der Waals surface area contributed by atoms with Crippen LogP contribution in [0.25, 0.3) is 28.2 Å². The summed E-state index contributed by atoms with van der Waals surface area (Å²) in [6, 6.07) is 17.9. The largest absolute Gasteiger partial charge is 0.238 e. The highest BCUT2D eigenvalue weighted by Gasteiger charge is 2.16. The third-order valence-electron chi connectivity index (χ3n) is 4.39. The van der Waals surface area contributed by atoms with Crippen molar-refractivity contribution in [2.75, 3.05) is 0 Å². The maximum Gasteiger partial charge on any atom is 0.238 e. The molecule has 4 rings (SSSR count). The number of nitrogens with two attached hydrogens (primary N) is 1. The van der Waals surface area contributed by atoms with Gasteiger partial charge in [-0.15, -0.1) is 11.3 Å². The van der Waals surface area contributed by atoms with Gasteiger partial charge in [0.2, 0.25) is 10.0 Å². The average Bonchev–Trinajstić information content (AvgIpc) is 3.28. The first-order chi connectivity index (χ1) is 13.3. The van der Waals surface area contributed by atoms with Crippen LogP contribution in [0.3, 0.4) is 0 Å². The molecular weight excluding hydrogens is 414 g/mol. The van der Waals surface area contributed by atoms with Crippen molar-refractivity contribution >= 4 is 33.0 Å². The van der Waals surface area contributed by atoms with Crippen LogP contribution in [0.1, 0.15) is 4.88 Å². The molecule has 2 heterocycles. The molecule has 0 bridgehead atoms. The maximum absolute atomic E-state index is 11.5. The third kappa shape index (κ3) is 3.62. The van der Waals surface area contributed by atoms with Crippen molar-refractivity contribution in [3.8, 4) is 28.2 Å². The minimum atomic E-state index is -3.75. The minimum absolute atomic E-state index is 0.0605. The molecule has 0 fully saturated rings. The average molecular weight is 430 g/mol. The lowest BCUT2D eigenvalue weighted by molar-refractivity contribution is 0.598. The Kier molecular flexibility index (Phi) is 4.84. The molecule has 2 N–H and O–H groups in total. The molecule has 0 spiro atoms. The standard InChI is InChI=1S/C20H16ClN3O2S2/c1-13-18(10-11-27-13)19-12-20(14-2-4-15(21)5-3-14)24(23-19)16-6-8-17(9-7-16)28(22,25)26/h2-12H,1H3,(H2,22,25,26). The first-order valence-electron chi connectivity index (χ1n) is 8.36. The van der Waals surface area contributed by atoms with Crippen molar-refractivity contribution in [3.05, 3.63) is 75.9 Å². The van der Waals surface area contributed by atoms with Gasteiger partial charge in [0.25, 0.3) is 0 Å². The number of sulfonamides is 1. The van der Waals surface area contributed by atoms with Crippen LogP contribution in [0, 0.1) is 6.92 Å². The van der Waals surface area contributed by atoms with Gasteiger partial charge >= 0.3 is 0 Å². The second-order valence-electron chi connectivity index (χ2n) is 6.26. The van der Waals surface area contributed by atoms with Gasteiger partial charge in [-0.25, -0.2) is 18.2 Å². The van der Waals surface area contributed by atoms with E-state index in [-0.39, 0.29) is 4.90 Å². The molecule has 0 saturated heterocycles. The summed E-state index contributed by atoms with van der Waals surface area (Å²) in [6.07, 6.45) is 0. The molecule has 0 atom stereocenters. The van der Waals surface area contributed by atoms with Gasteiger partial charge in [-0.1, -0.05) is 23.7 Å². The molecule has 2 aromatic carbocycles. The molecule has 28 heavy (non-hydrogen) atoms. The molecule has 2 aromatic heterocycles. The van der Waals surface area contributed by atoms with Crippen molar-refractivity contribution < 1.29 is 8.42 Å². The van der Waals surface area contributed by atoms with Gasteiger partial charge in [-0.3, -0.25) is 0 Å². The number of benzene rings is 2. The van der Waals surface area contributed by atoms with Crippen LogP contribution in [0.4, 0.5) is 0 Å². The van der Waals surface area contributed by atoms with Gasteiger partial charge in [-0.05, 0) is 60.8 Å². The third-order valence-corrected chi connectivity index (χ3v) is 6.42. The summed E-state index contributed by atoms with van der Waals surface area (Å²) in [7, 11) is -3.75. The molecule has 0 saturated carbocycles. The highest BCUT2D eigenvalue weighted by atomic mass is 35.5. The quantitative estimate of drug-likeness (QED) is 0.502. The van der Waals surface area contributed by atoms with Crippen LogP contribution in [0.2, 0.25) is 5.02 Å². The Bertz CT molecular complexity index is 1240. The van der Waals surface area contributed by atoms with Gasteiger partial charge in [0, 0.05) is 21.0 Å². The van der Waals surface area contributed by atoms with Crippen LogP contribution in [0.5, 0.6) is 0 Å². The number of hydrogen-bond donors (Lipinski definition) is 1. The number of hydrogen-bond acceptors (Lipinski definition) is 4. The second-order valence-corrected chi connectivity index (χ2v) is 9.38. The number of rotatable bonds is 4. The smallest absolute Gasteiger partial charge is 0.232 e. The van der Waals surface area contributed by atoms with E-state index in [0.717, 1.165) is 28.2 Å². The van der Waals surface area contributed by atoms with Crippen LogP contribution >= 0.6 is 22.9 Å². The van der Waals surface area contributed by atoms with Crippen LogP contribution in [-0.2, 0) is 10.0 Å². The number of aryl methyl sites for hydroxylation is 1. The van der Waals surface area contributed by atoms with Crippen molar-refractivity contribution in [2.45, 2.75) is 11.8 Å². The summed E-state index contributed by atoms with van der Waals surface area (Å²) >= 11 is 7.70. The van der Waals surface area contributed by atoms with E-state index in [1.54, 1.807) is 28.2 Å². The summed E-state index contributed by atoms with van der Waals surface area (Å²) in [4.78, 5) is 1.24. The number of halogens is 1. The zero-order valence-corrected chi connectivity index (χ0v) is 17.2. The van der Waals surface area contributed by atoms with E-state index in [9.17, 15) is 8.42 Å². The molecule has 0 amide bonds. The molecule has 0 aliphatic rings. The Hall–Kier alpha value is -2.45. The van der Waals surface area contributed by atoms with E-state index in [1.165, 1.54) is 17.0 Å². The van der Waals surface area contributed by atoms with Crippen molar-refractivity contribution in [1.29, 1.82) is 0 Å². The Morgan fingerprint density at radius 2 is 1.71 bits per heavy atom. The predicted octanol–water partition coefficient (Wildman–Crippen LogP) is 4.88. The van der Waals surface area contributed by atoms with Crippen LogP contribution < -0.4 is 5.14 Å². The van der Waals surface area contributed by atoms with Gasteiger partial charge < -0.3 is 0 Å². The van der Waals surface area contributed by atoms with Crippen LogP contribution in [-0.4, -0.2) is 18.2 Å². The molecule has 5 nitrogen and oxygen atoms in total. The predicted molar refractivity (Wildman–Crippen MR) is 113 cm³/mol. The van der Waals surface area contributed by atoms with E-state index >= 15 is 0 Å². The number of primary sulfonamides is 1. The van der Waals surface area contributed by atoms with Crippen molar-refractivity contribution in [1.82, 2.24) is 9.78 Å². The molecular formula is C20H16ClN3O2S2. The molecule has 0 aliphatic heterocycles. The molecule has 4 aromatic rings. The Balaban J connectivity index is 1.88. The first-order valence-corrected chi connectivity index (χ1v) is 11.2. The summed E-state index contributed by atoms with van der Waals surface area (Å²) < 4.78 is 24.9. The second kappa shape index (κ2) is 7.18. The molecule has 0 aliphatic carbocycles. The van der Waals surface area contributed by atoms with E-state index in [4.69, 9.17) is 21.8 Å². The Morgan fingerprint density at radius 3 is 2.29 bits per heavy atom. The monoisotopic (exact) mass is 429 g/mol. The summed E-state index contributed by atoms with van der Waals surface area (Å²) in [5, 5.41) is 12.7. The first kappa shape index (κ1) is 18.9. The van der Waals surface area contributed by atoms with E-state index in [1.807, 2.05) is 41.8 Å². The van der Waals surface area contributed by atoms with Gasteiger partial charge in [0.05, 0.1) is 22.0 Å². The zero-order chi connectivity index (χ0) is 19.9. The normalized spacial score (nSPS) is 11.7. The van der Waals surface area contributed by atoms with Gasteiger partial charge in [0.1, 0.15) is 0 Å². The highest BCUT2D eigenvalue weighted by molar-refractivity contribution is 7.89. The lowest BCUT2D eigenvalue weighted by Gasteiger charge is -2.08. The molecule has 8 heteroatoms. The summed E-state index contributed by atoms with van der Waals surface area (Å²) in [5.74, 6) is 0. The van der Waals surface area contributed by atoms with E-state index in [0.29, 0.717) is 5.02 Å². The Morgan fingerprint density at radius 1 is 1.04 bits per heavy atom. The number of aromatic nitrogens is 2. The van der Waals surface area contributed by atoms with Crippen LogP contribution in [0.15, 0.2) is 70.9 Å². The topological polar surface area (TPSA) is 78.0 Å².